The number of hydrogen-bond donors (Lipinski definition) is 2. The van der Waals surface area contributed by atoms with E-state index in [1.54, 1.807) is 0 Å². The third kappa shape index (κ3) is 4.52. The van der Waals surface area contributed by atoms with Gasteiger partial charge < -0.3 is 14.8 Å². The minimum Gasteiger partial charge on any atom is -0.376 e. The molecule has 24 heavy (non-hydrogen) atoms. The van der Waals surface area contributed by atoms with Crippen molar-refractivity contribution in [1.29, 1.82) is 0 Å². The fourth-order valence-corrected chi connectivity index (χ4v) is 2.99. The van der Waals surface area contributed by atoms with E-state index in [9.17, 15) is 4.79 Å². The van der Waals surface area contributed by atoms with E-state index in [1.807, 2.05) is 0 Å². The maximum absolute atomic E-state index is 12.1. The van der Waals surface area contributed by atoms with Crippen LogP contribution in [0.5, 0.6) is 0 Å². The van der Waals surface area contributed by atoms with Gasteiger partial charge in [-0.2, -0.15) is 5.10 Å². The first-order chi connectivity index (χ1) is 11.6. The molecular formula is C16H27N5O3. The largest absolute Gasteiger partial charge is 0.376 e. The van der Waals surface area contributed by atoms with Gasteiger partial charge in [-0.25, -0.2) is 4.98 Å². The summed E-state index contributed by atoms with van der Waals surface area (Å²) in [4.78, 5) is 18.7. The first-order valence-corrected chi connectivity index (χ1v) is 8.76. The Bertz CT molecular complexity index is 542. The van der Waals surface area contributed by atoms with Crippen LogP contribution in [0.1, 0.15) is 50.4 Å². The highest BCUT2D eigenvalue weighted by Gasteiger charge is 2.26. The van der Waals surface area contributed by atoms with E-state index in [0.717, 1.165) is 37.6 Å². The van der Waals surface area contributed by atoms with Crippen LogP contribution in [-0.2, 0) is 14.3 Å². The molecule has 0 radical (unpaired) electrons. The van der Waals surface area contributed by atoms with Crippen molar-refractivity contribution < 1.29 is 14.3 Å². The van der Waals surface area contributed by atoms with Crippen LogP contribution in [0.2, 0.25) is 0 Å². The third-order valence-corrected chi connectivity index (χ3v) is 4.41. The summed E-state index contributed by atoms with van der Waals surface area (Å²) in [6, 6.07) is 0. The minimum atomic E-state index is -0.162. The maximum atomic E-state index is 12.1. The van der Waals surface area contributed by atoms with Gasteiger partial charge in [-0.15, -0.1) is 0 Å². The second-order valence-corrected chi connectivity index (χ2v) is 6.77. The topological polar surface area (TPSA) is 92.4 Å². The van der Waals surface area contributed by atoms with Crippen molar-refractivity contribution in [2.45, 2.75) is 44.8 Å². The summed E-state index contributed by atoms with van der Waals surface area (Å²) >= 11 is 0. The van der Waals surface area contributed by atoms with Crippen LogP contribution in [0.25, 0.3) is 0 Å². The first-order valence-electron chi connectivity index (χ1n) is 8.76. The van der Waals surface area contributed by atoms with Gasteiger partial charge in [0.25, 0.3) is 0 Å². The van der Waals surface area contributed by atoms with E-state index < -0.39 is 0 Å². The Kier molecular flexibility index (Phi) is 5.80. The molecule has 2 N–H and O–H groups in total. The Hall–Kier alpha value is -1.51. The molecule has 1 aromatic heterocycles. The zero-order valence-corrected chi connectivity index (χ0v) is 14.5. The molecule has 8 heteroatoms. The monoisotopic (exact) mass is 337 g/mol. The number of H-pyrrole nitrogens is 1. The van der Waals surface area contributed by atoms with Crippen molar-refractivity contribution in [3.8, 4) is 0 Å². The third-order valence-electron chi connectivity index (χ3n) is 4.41. The zero-order valence-electron chi connectivity index (χ0n) is 14.5. The molecule has 1 amide bonds. The van der Waals surface area contributed by atoms with E-state index in [1.165, 1.54) is 0 Å². The van der Waals surface area contributed by atoms with Crippen LogP contribution in [-0.4, -0.2) is 71.5 Å². The highest BCUT2D eigenvalue weighted by Crippen LogP contribution is 2.20. The van der Waals surface area contributed by atoms with Crippen molar-refractivity contribution in [1.82, 2.24) is 25.4 Å². The van der Waals surface area contributed by atoms with E-state index >= 15 is 0 Å². The quantitative estimate of drug-likeness (QED) is 0.790. The number of morpholine rings is 1. The van der Waals surface area contributed by atoms with Gasteiger partial charge in [0.2, 0.25) is 5.91 Å². The summed E-state index contributed by atoms with van der Waals surface area (Å²) in [6.45, 7) is 7.86. The molecule has 0 saturated carbocycles. The number of ether oxygens (including phenoxy) is 2. The van der Waals surface area contributed by atoms with Gasteiger partial charge in [-0.3, -0.25) is 14.8 Å². The Labute approximate surface area is 142 Å². The molecule has 0 bridgehead atoms. The lowest BCUT2D eigenvalue weighted by Crippen LogP contribution is -2.45. The summed E-state index contributed by atoms with van der Waals surface area (Å²) in [5.41, 5.74) is 0. The lowest BCUT2D eigenvalue weighted by molar-refractivity contribution is -0.125. The molecule has 0 aromatic carbocycles. The fraction of sp³-hybridized carbons (Fsp3) is 0.812. The average Bonchev–Trinajstić information content (AvgIpc) is 3.25. The van der Waals surface area contributed by atoms with Gasteiger partial charge in [-0.1, -0.05) is 13.8 Å². The molecule has 3 heterocycles. The predicted octanol–water partition coefficient (Wildman–Crippen LogP) is 0.597. The number of aromatic nitrogens is 3. The van der Waals surface area contributed by atoms with E-state index in [2.05, 4.69) is 39.2 Å². The number of aromatic amines is 1. The van der Waals surface area contributed by atoms with Crippen LogP contribution >= 0.6 is 0 Å². The molecule has 2 aliphatic rings. The van der Waals surface area contributed by atoms with E-state index in [-0.39, 0.29) is 24.0 Å². The second-order valence-electron chi connectivity index (χ2n) is 6.77. The number of rotatable bonds is 6. The van der Waals surface area contributed by atoms with Crippen LogP contribution in [0, 0.1) is 0 Å². The SMILES string of the molecule is CC(C)c1n[nH]c([C@H]2CN(CC(=O)NC[C@@H]3CCCO3)CCO2)n1. The molecule has 3 rings (SSSR count). The van der Waals surface area contributed by atoms with E-state index in [4.69, 9.17) is 9.47 Å². The summed E-state index contributed by atoms with van der Waals surface area (Å²) in [5.74, 6) is 1.84. The van der Waals surface area contributed by atoms with Gasteiger partial charge in [0.1, 0.15) is 6.10 Å². The Morgan fingerprint density at radius 1 is 1.42 bits per heavy atom. The minimum absolute atomic E-state index is 0.0339. The molecule has 0 spiro atoms. The predicted molar refractivity (Wildman–Crippen MR) is 87.6 cm³/mol. The number of nitrogens with one attached hydrogen (secondary N) is 2. The number of carbonyl (C=O) groups excluding carboxylic acids is 1. The summed E-state index contributed by atoms with van der Waals surface area (Å²) in [7, 11) is 0. The van der Waals surface area contributed by atoms with Crippen molar-refractivity contribution in [2.24, 2.45) is 0 Å². The van der Waals surface area contributed by atoms with Crippen LogP contribution < -0.4 is 5.32 Å². The first kappa shape index (κ1) is 17.3. The van der Waals surface area contributed by atoms with Gasteiger partial charge in [0.15, 0.2) is 11.6 Å². The molecule has 2 atom stereocenters. The molecular weight excluding hydrogens is 310 g/mol. The van der Waals surface area contributed by atoms with Crippen molar-refractivity contribution >= 4 is 5.91 Å². The molecule has 0 aliphatic carbocycles. The highest BCUT2D eigenvalue weighted by molar-refractivity contribution is 5.78. The number of amides is 1. The van der Waals surface area contributed by atoms with Crippen LogP contribution in [0.4, 0.5) is 0 Å². The lowest BCUT2D eigenvalue weighted by Gasteiger charge is -2.31. The molecule has 2 saturated heterocycles. The smallest absolute Gasteiger partial charge is 0.234 e. The van der Waals surface area contributed by atoms with Crippen LogP contribution in [0.3, 0.4) is 0 Å². The van der Waals surface area contributed by atoms with Crippen molar-refractivity contribution in [3.05, 3.63) is 11.6 Å². The van der Waals surface area contributed by atoms with Gasteiger partial charge >= 0.3 is 0 Å². The normalized spacial score (nSPS) is 25.3. The van der Waals surface area contributed by atoms with Crippen molar-refractivity contribution in [3.63, 3.8) is 0 Å². The van der Waals surface area contributed by atoms with Gasteiger partial charge in [0.05, 0.1) is 19.3 Å². The lowest BCUT2D eigenvalue weighted by atomic mass is 10.2. The number of hydrogen-bond acceptors (Lipinski definition) is 6. The average molecular weight is 337 g/mol. The molecule has 134 valence electrons. The summed E-state index contributed by atoms with van der Waals surface area (Å²) in [6.07, 6.45) is 2.13. The zero-order chi connectivity index (χ0) is 16.9. The van der Waals surface area contributed by atoms with E-state index in [0.29, 0.717) is 26.2 Å². The molecule has 1 aromatic rings. The Balaban J connectivity index is 1.46. The molecule has 2 fully saturated rings. The number of nitrogens with zero attached hydrogens (tertiary/aromatic N) is 3. The maximum Gasteiger partial charge on any atom is 0.234 e. The molecule has 8 nitrogen and oxygen atoms in total. The molecule has 0 unspecified atom stereocenters. The molecule has 2 aliphatic heterocycles. The Morgan fingerprint density at radius 3 is 3.00 bits per heavy atom. The van der Waals surface area contributed by atoms with Gasteiger partial charge in [0, 0.05) is 32.2 Å². The van der Waals surface area contributed by atoms with Crippen LogP contribution in [0.15, 0.2) is 0 Å². The second kappa shape index (κ2) is 8.04. The number of carbonyl (C=O) groups is 1. The fourth-order valence-electron chi connectivity index (χ4n) is 2.99. The van der Waals surface area contributed by atoms with Gasteiger partial charge in [-0.05, 0) is 12.8 Å². The standard InChI is InChI=1S/C16H27N5O3/c1-11(2)15-18-16(20-19-15)13-9-21(5-7-24-13)10-14(22)17-8-12-4-3-6-23-12/h11-13H,3-10H2,1-2H3,(H,17,22)(H,18,19,20)/t12-,13+/m0/s1. The summed E-state index contributed by atoms with van der Waals surface area (Å²) in [5, 5.41) is 10.1. The summed E-state index contributed by atoms with van der Waals surface area (Å²) < 4.78 is 11.3. The van der Waals surface area contributed by atoms with Crippen molar-refractivity contribution in [2.75, 3.05) is 39.4 Å². The highest BCUT2D eigenvalue weighted by atomic mass is 16.5. The Morgan fingerprint density at radius 2 is 2.29 bits per heavy atom.